The Labute approximate surface area is 98.6 Å². The van der Waals surface area contributed by atoms with Gasteiger partial charge in [0, 0.05) is 12.1 Å². The van der Waals surface area contributed by atoms with Crippen LogP contribution in [0.4, 0.5) is 11.4 Å². The van der Waals surface area contributed by atoms with Crippen molar-refractivity contribution < 1.29 is 10.0 Å². The van der Waals surface area contributed by atoms with Crippen molar-refractivity contribution in [3.05, 3.63) is 33.9 Å². The molecule has 6 nitrogen and oxygen atoms in total. The number of nitrogens with one attached hydrogen (secondary N) is 1. The van der Waals surface area contributed by atoms with E-state index in [1.54, 1.807) is 0 Å². The van der Waals surface area contributed by atoms with Crippen LogP contribution < -0.4 is 5.32 Å². The Morgan fingerprint density at radius 3 is 2.82 bits per heavy atom. The SMILES string of the molecule is CCC(CO)Nc1cc(C#N)ccc1[N+](=O)[O-]. The number of hydrogen-bond donors (Lipinski definition) is 2. The van der Waals surface area contributed by atoms with Crippen molar-refractivity contribution in [1.29, 1.82) is 5.26 Å². The van der Waals surface area contributed by atoms with Gasteiger partial charge in [-0.1, -0.05) is 6.92 Å². The first-order valence-corrected chi connectivity index (χ1v) is 5.18. The monoisotopic (exact) mass is 235 g/mol. The first-order chi connectivity index (χ1) is 8.12. The smallest absolute Gasteiger partial charge is 0.292 e. The number of aliphatic hydroxyl groups excluding tert-OH is 1. The molecule has 0 aromatic heterocycles. The number of hydrogen-bond acceptors (Lipinski definition) is 5. The van der Waals surface area contributed by atoms with Gasteiger partial charge in [0.1, 0.15) is 5.69 Å². The van der Waals surface area contributed by atoms with E-state index in [1.807, 2.05) is 13.0 Å². The number of benzene rings is 1. The third-order valence-electron chi connectivity index (χ3n) is 2.40. The van der Waals surface area contributed by atoms with Gasteiger partial charge in [-0.15, -0.1) is 0 Å². The summed E-state index contributed by atoms with van der Waals surface area (Å²) in [5.41, 5.74) is 0.497. The van der Waals surface area contributed by atoms with Gasteiger partial charge in [-0.3, -0.25) is 10.1 Å². The fourth-order valence-corrected chi connectivity index (χ4v) is 1.38. The standard InChI is InChI=1S/C11H13N3O3/c1-2-9(7-15)13-10-5-8(6-12)3-4-11(10)14(16)17/h3-5,9,13,15H,2,7H2,1H3. The molecular formula is C11H13N3O3. The van der Waals surface area contributed by atoms with E-state index in [9.17, 15) is 10.1 Å². The topological polar surface area (TPSA) is 99.2 Å². The van der Waals surface area contributed by atoms with E-state index in [0.717, 1.165) is 0 Å². The normalized spacial score (nSPS) is 11.6. The van der Waals surface area contributed by atoms with E-state index in [0.29, 0.717) is 12.0 Å². The minimum Gasteiger partial charge on any atom is -0.394 e. The highest BCUT2D eigenvalue weighted by Gasteiger charge is 2.16. The van der Waals surface area contributed by atoms with E-state index in [4.69, 9.17) is 10.4 Å². The summed E-state index contributed by atoms with van der Waals surface area (Å²) in [4.78, 5) is 10.3. The molecule has 0 aliphatic heterocycles. The van der Waals surface area contributed by atoms with E-state index >= 15 is 0 Å². The van der Waals surface area contributed by atoms with Crippen molar-refractivity contribution in [2.75, 3.05) is 11.9 Å². The molecule has 0 aliphatic carbocycles. The van der Waals surface area contributed by atoms with E-state index in [2.05, 4.69) is 5.32 Å². The lowest BCUT2D eigenvalue weighted by Gasteiger charge is -2.15. The second-order valence-electron chi connectivity index (χ2n) is 3.53. The Morgan fingerprint density at radius 2 is 2.35 bits per heavy atom. The second-order valence-corrected chi connectivity index (χ2v) is 3.53. The van der Waals surface area contributed by atoms with Gasteiger partial charge in [0.05, 0.1) is 23.2 Å². The third kappa shape index (κ3) is 3.16. The fraction of sp³-hybridized carbons (Fsp3) is 0.364. The van der Waals surface area contributed by atoms with Crippen LogP contribution in [0.2, 0.25) is 0 Å². The molecule has 1 aromatic carbocycles. The zero-order valence-electron chi connectivity index (χ0n) is 9.38. The number of nitriles is 1. The largest absolute Gasteiger partial charge is 0.394 e. The predicted octanol–water partition coefficient (Wildman–Crippen LogP) is 1.65. The summed E-state index contributed by atoms with van der Waals surface area (Å²) in [7, 11) is 0. The van der Waals surface area contributed by atoms with E-state index in [-0.39, 0.29) is 24.0 Å². The summed E-state index contributed by atoms with van der Waals surface area (Å²) in [6.07, 6.45) is 0.629. The molecule has 0 spiro atoms. The quantitative estimate of drug-likeness (QED) is 0.597. The van der Waals surface area contributed by atoms with Gasteiger partial charge >= 0.3 is 0 Å². The molecule has 0 bridgehead atoms. The van der Waals surface area contributed by atoms with Crippen LogP contribution in [0.25, 0.3) is 0 Å². The highest BCUT2D eigenvalue weighted by Crippen LogP contribution is 2.26. The van der Waals surface area contributed by atoms with Gasteiger partial charge in [0.2, 0.25) is 0 Å². The molecule has 0 aliphatic rings. The summed E-state index contributed by atoms with van der Waals surface area (Å²) < 4.78 is 0. The van der Waals surface area contributed by atoms with Crippen molar-refractivity contribution in [1.82, 2.24) is 0 Å². The van der Waals surface area contributed by atoms with Crippen LogP contribution in [0.1, 0.15) is 18.9 Å². The van der Waals surface area contributed by atoms with Crippen LogP contribution in [0.15, 0.2) is 18.2 Å². The second kappa shape index (κ2) is 5.82. The summed E-state index contributed by atoms with van der Waals surface area (Å²) in [5.74, 6) is 0. The minimum atomic E-state index is -0.520. The molecule has 0 saturated carbocycles. The molecule has 1 aromatic rings. The average Bonchev–Trinajstić information content (AvgIpc) is 2.35. The minimum absolute atomic E-state index is 0.101. The van der Waals surface area contributed by atoms with Crippen LogP contribution in [-0.2, 0) is 0 Å². The molecule has 6 heteroatoms. The average molecular weight is 235 g/mol. The van der Waals surface area contributed by atoms with Gasteiger partial charge in [0.25, 0.3) is 5.69 Å². The lowest BCUT2D eigenvalue weighted by atomic mass is 10.1. The van der Waals surface area contributed by atoms with Crippen molar-refractivity contribution >= 4 is 11.4 Å². The maximum atomic E-state index is 10.8. The molecule has 0 amide bonds. The summed E-state index contributed by atoms with van der Waals surface area (Å²) >= 11 is 0. The molecule has 0 fully saturated rings. The summed E-state index contributed by atoms with van der Waals surface area (Å²) in [6.45, 7) is 1.73. The highest BCUT2D eigenvalue weighted by molar-refractivity contribution is 5.64. The summed E-state index contributed by atoms with van der Waals surface area (Å²) in [5, 5.41) is 31.4. The number of anilines is 1. The lowest BCUT2D eigenvalue weighted by Crippen LogP contribution is -2.23. The van der Waals surface area contributed by atoms with Crippen molar-refractivity contribution in [3.63, 3.8) is 0 Å². The van der Waals surface area contributed by atoms with Gasteiger partial charge < -0.3 is 10.4 Å². The lowest BCUT2D eigenvalue weighted by molar-refractivity contribution is -0.384. The van der Waals surface area contributed by atoms with Gasteiger partial charge in [-0.2, -0.15) is 5.26 Å². The van der Waals surface area contributed by atoms with Crippen LogP contribution >= 0.6 is 0 Å². The number of nitrogens with zero attached hydrogens (tertiary/aromatic N) is 2. The molecule has 1 rings (SSSR count). The molecule has 2 N–H and O–H groups in total. The Morgan fingerprint density at radius 1 is 1.65 bits per heavy atom. The molecule has 0 saturated heterocycles. The fourth-order valence-electron chi connectivity index (χ4n) is 1.38. The van der Waals surface area contributed by atoms with Crippen molar-refractivity contribution in [3.8, 4) is 6.07 Å². The third-order valence-corrected chi connectivity index (χ3v) is 2.40. The molecule has 1 atom stereocenters. The van der Waals surface area contributed by atoms with Crippen molar-refractivity contribution in [2.45, 2.75) is 19.4 Å². The number of rotatable bonds is 5. The Balaban J connectivity index is 3.09. The highest BCUT2D eigenvalue weighted by atomic mass is 16.6. The van der Waals surface area contributed by atoms with Crippen LogP contribution in [0, 0.1) is 21.4 Å². The summed E-state index contributed by atoms with van der Waals surface area (Å²) in [6, 6.07) is 5.74. The molecule has 0 heterocycles. The number of nitro benzene ring substituents is 1. The van der Waals surface area contributed by atoms with E-state index < -0.39 is 4.92 Å². The van der Waals surface area contributed by atoms with E-state index in [1.165, 1.54) is 18.2 Å². The Kier molecular flexibility index (Phi) is 4.43. The maximum Gasteiger partial charge on any atom is 0.292 e. The molecule has 90 valence electrons. The first kappa shape index (κ1) is 12.9. The Hall–Kier alpha value is -2.13. The van der Waals surface area contributed by atoms with Gasteiger partial charge in [-0.05, 0) is 18.6 Å². The van der Waals surface area contributed by atoms with Crippen LogP contribution in [0.3, 0.4) is 0 Å². The maximum absolute atomic E-state index is 10.8. The first-order valence-electron chi connectivity index (χ1n) is 5.18. The van der Waals surface area contributed by atoms with Crippen LogP contribution in [-0.4, -0.2) is 22.7 Å². The van der Waals surface area contributed by atoms with Crippen molar-refractivity contribution in [2.24, 2.45) is 0 Å². The predicted molar refractivity (Wildman–Crippen MR) is 62.6 cm³/mol. The molecule has 17 heavy (non-hydrogen) atoms. The number of nitro groups is 1. The number of aliphatic hydroxyl groups is 1. The van der Waals surface area contributed by atoms with Gasteiger partial charge in [-0.25, -0.2) is 0 Å². The van der Waals surface area contributed by atoms with Gasteiger partial charge in [0.15, 0.2) is 0 Å². The zero-order valence-corrected chi connectivity index (χ0v) is 9.38. The van der Waals surface area contributed by atoms with Crippen LogP contribution in [0.5, 0.6) is 0 Å². The molecule has 1 unspecified atom stereocenters. The molecule has 0 radical (unpaired) electrons. The molecular weight excluding hydrogens is 222 g/mol. The Bertz CT molecular complexity index is 450. The zero-order chi connectivity index (χ0) is 12.8.